The Morgan fingerprint density at radius 1 is 0.792 bits per heavy atom. The fraction of sp³-hybridized carbons (Fsp3) is 0.500. The van der Waals surface area contributed by atoms with Gasteiger partial charge in [-0.2, -0.15) is 0 Å². The molecular weight excluding hydrogens is 304 g/mol. The molecule has 0 amide bonds. The Balaban J connectivity index is 2.67. The van der Waals surface area contributed by atoms with Gasteiger partial charge in [0, 0.05) is 0 Å². The zero-order chi connectivity index (χ0) is 17.8. The van der Waals surface area contributed by atoms with Crippen LogP contribution in [-0.2, 0) is 9.59 Å². The van der Waals surface area contributed by atoms with E-state index in [4.69, 9.17) is 0 Å². The first-order chi connectivity index (χ1) is 11.6. The van der Waals surface area contributed by atoms with Gasteiger partial charge in [-0.05, 0) is 24.0 Å². The maximum Gasteiger partial charge on any atom is 0.343 e. The molecule has 132 valence electrons. The maximum absolute atomic E-state index is 11.4. The molecule has 0 aliphatic heterocycles. The number of benzene rings is 1. The van der Waals surface area contributed by atoms with Crippen LogP contribution >= 0.6 is 0 Å². The second-order valence-electron chi connectivity index (χ2n) is 6.05. The average molecular weight is 332 g/mol. The number of allylic oxidation sites excluding steroid dienone is 1. The molecule has 1 aromatic rings. The second-order valence-corrected chi connectivity index (χ2v) is 6.05. The maximum atomic E-state index is 11.4. The van der Waals surface area contributed by atoms with Crippen molar-refractivity contribution in [3.8, 4) is 0 Å². The summed E-state index contributed by atoms with van der Waals surface area (Å²) in [6, 6.07) is 8.96. The fourth-order valence-corrected chi connectivity index (χ4v) is 2.84. The molecule has 1 rings (SSSR count). The molecule has 4 nitrogen and oxygen atoms in total. The van der Waals surface area contributed by atoms with Crippen LogP contribution < -0.4 is 0 Å². The zero-order valence-corrected chi connectivity index (χ0v) is 14.5. The van der Waals surface area contributed by atoms with Crippen LogP contribution in [0.3, 0.4) is 0 Å². The lowest BCUT2D eigenvalue weighted by molar-refractivity contribution is -0.140. The Morgan fingerprint density at radius 2 is 1.29 bits per heavy atom. The van der Waals surface area contributed by atoms with Gasteiger partial charge in [-0.3, -0.25) is 0 Å². The number of carbonyl (C=O) groups is 2. The van der Waals surface area contributed by atoms with Crippen LogP contribution in [0.25, 0.3) is 5.57 Å². The second kappa shape index (κ2) is 11.4. The third-order valence-corrected chi connectivity index (χ3v) is 4.13. The van der Waals surface area contributed by atoms with E-state index in [1.54, 1.807) is 24.3 Å². The Morgan fingerprint density at radius 3 is 1.79 bits per heavy atom. The molecule has 0 aliphatic rings. The minimum absolute atomic E-state index is 0.418. The largest absolute Gasteiger partial charge is 0.477 e. The summed E-state index contributed by atoms with van der Waals surface area (Å²) < 4.78 is 0. The van der Waals surface area contributed by atoms with E-state index < -0.39 is 17.5 Å². The number of carboxylic acids is 2. The fourth-order valence-electron chi connectivity index (χ4n) is 2.84. The molecular formula is C20H28O4. The van der Waals surface area contributed by atoms with E-state index in [1.165, 1.54) is 32.1 Å². The summed E-state index contributed by atoms with van der Waals surface area (Å²) >= 11 is 0. The molecule has 0 heterocycles. The molecule has 0 bridgehead atoms. The van der Waals surface area contributed by atoms with E-state index in [9.17, 15) is 19.8 Å². The lowest BCUT2D eigenvalue weighted by Crippen LogP contribution is -2.14. The van der Waals surface area contributed by atoms with Gasteiger partial charge in [0.15, 0.2) is 0 Å². The summed E-state index contributed by atoms with van der Waals surface area (Å²) in [4.78, 5) is 22.7. The number of hydrogen-bond acceptors (Lipinski definition) is 2. The summed E-state index contributed by atoms with van der Waals surface area (Å²) in [7, 11) is 0. The smallest absolute Gasteiger partial charge is 0.343 e. The predicted octanol–water partition coefficient (Wildman–Crippen LogP) is 5.14. The van der Waals surface area contributed by atoms with Crippen molar-refractivity contribution in [1.82, 2.24) is 0 Å². The summed E-state index contributed by atoms with van der Waals surface area (Å²) in [5, 5.41) is 18.5. The van der Waals surface area contributed by atoms with Gasteiger partial charge in [-0.1, -0.05) is 82.2 Å². The van der Waals surface area contributed by atoms with E-state index in [0.29, 0.717) is 17.6 Å². The summed E-state index contributed by atoms with van der Waals surface area (Å²) in [5.74, 6) is -2.75. The standard InChI is InChI=1S/C20H28O4/c1-2-3-4-5-6-7-8-12-15-17(16-13-10-9-11-14-16)18(19(21)22)20(23)24/h9-11,13-14H,2-8,12,15H2,1H3,(H,21,22)(H,23,24). The topological polar surface area (TPSA) is 74.6 Å². The Hall–Kier alpha value is -2.10. The Bertz CT molecular complexity index is 530. The molecule has 0 saturated carbocycles. The molecule has 0 atom stereocenters. The molecule has 2 N–H and O–H groups in total. The van der Waals surface area contributed by atoms with Crippen molar-refractivity contribution in [1.29, 1.82) is 0 Å². The number of carboxylic acid groups (broad SMARTS) is 2. The van der Waals surface area contributed by atoms with Crippen LogP contribution in [0.2, 0.25) is 0 Å². The molecule has 24 heavy (non-hydrogen) atoms. The van der Waals surface area contributed by atoms with Crippen LogP contribution in [-0.4, -0.2) is 22.2 Å². The SMILES string of the molecule is CCCCCCCCCCC(=C(C(=O)O)C(=O)O)c1ccccc1. The van der Waals surface area contributed by atoms with Gasteiger partial charge in [0.2, 0.25) is 0 Å². The van der Waals surface area contributed by atoms with E-state index in [1.807, 2.05) is 6.07 Å². The van der Waals surface area contributed by atoms with Crippen molar-refractivity contribution in [3.63, 3.8) is 0 Å². The Labute approximate surface area is 144 Å². The van der Waals surface area contributed by atoms with Crippen molar-refractivity contribution in [2.24, 2.45) is 0 Å². The normalized spacial score (nSPS) is 10.4. The predicted molar refractivity (Wildman–Crippen MR) is 95.9 cm³/mol. The number of rotatable bonds is 12. The van der Waals surface area contributed by atoms with Gasteiger partial charge in [-0.15, -0.1) is 0 Å². The number of hydrogen-bond donors (Lipinski definition) is 2. The highest BCUT2D eigenvalue weighted by molar-refractivity contribution is 6.18. The van der Waals surface area contributed by atoms with Crippen LogP contribution in [0.5, 0.6) is 0 Å². The number of unbranched alkanes of at least 4 members (excludes halogenated alkanes) is 7. The highest BCUT2D eigenvalue weighted by atomic mass is 16.4. The van der Waals surface area contributed by atoms with Crippen LogP contribution in [0.15, 0.2) is 35.9 Å². The first kappa shape index (κ1) is 19.9. The third kappa shape index (κ3) is 6.99. The molecule has 0 fully saturated rings. The van der Waals surface area contributed by atoms with Crippen molar-refractivity contribution in [3.05, 3.63) is 41.5 Å². The first-order valence-electron chi connectivity index (χ1n) is 8.83. The first-order valence-corrected chi connectivity index (χ1v) is 8.83. The minimum atomic E-state index is -1.37. The van der Waals surface area contributed by atoms with Crippen molar-refractivity contribution in [2.75, 3.05) is 0 Å². The van der Waals surface area contributed by atoms with Gasteiger partial charge in [-0.25, -0.2) is 9.59 Å². The van der Waals surface area contributed by atoms with Gasteiger partial charge in [0.05, 0.1) is 0 Å². The Kier molecular flexibility index (Phi) is 9.51. The summed E-state index contributed by atoms with van der Waals surface area (Å²) in [6.07, 6.45) is 9.61. The van der Waals surface area contributed by atoms with Crippen molar-refractivity contribution < 1.29 is 19.8 Å². The van der Waals surface area contributed by atoms with Crippen molar-refractivity contribution in [2.45, 2.75) is 64.7 Å². The lowest BCUT2D eigenvalue weighted by atomic mass is 9.94. The molecule has 1 aromatic carbocycles. The molecule has 4 heteroatoms. The molecule has 0 spiro atoms. The molecule has 0 aliphatic carbocycles. The molecule has 0 saturated heterocycles. The van der Waals surface area contributed by atoms with Crippen LogP contribution in [0, 0.1) is 0 Å². The highest BCUT2D eigenvalue weighted by Gasteiger charge is 2.22. The molecule has 0 unspecified atom stereocenters. The van der Waals surface area contributed by atoms with Gasteiger partial charge >= 0.3 is 11.9 Å². The average Bonchev–Trinajstić information content (AvgIpc) is 2.56. The third-order valence-electron chi connectivity index (χ3n) is 4.13. The van der Waals surface area contributed by atoms with E-state index in [-0.39, 0.29) is 0 Å². The highest BCUT2D eigenvalue weighted by Crippen LogP contribution is 2.26. The van der Waals surface area contributed by atoms with E-state index >= 15 is 0 Å². The quantitative estimate of drug-likeness (QED) is 0.240. The van der Waals surface area contributed by atoms with Crippen molar-refractivity contribution >= 4 is 17.5 Å². The van der Waals surface area contributed by atoms with Crippen LogP contribution in [0.1, 0.15) is 70.3 Å². The van der Waals surface area contributed by atoms with E-state index in [0.717, 1.165) is 19.3 Å². The monoisotopic (exact) mass is 332 g/mol. The minimum Gasteiger partial charge on any atom is -0.477 e. The van der Waals surface area contributed by atoms with Gasteiger partial charge in [0.1, 0.15) is 5.57 Å². The van der Waals surface area contributed by atoms with Gasteiger partial charge < -0.3 is 10.2 Å². The number of aliphatic carboxylic acids is 2. The molecule has 0 radical (unpaired) electrons. The molecule has 0 aromatic heterocycles. The van der Waals surface area contributed by atoms with E-state index in [2.05, 4.69) is 6.92 Å². The lowest BCUT2D eigenvalue weighted by Gasteiger charge is -2.11. The van der Waals surface area contributed by atoms with Crippen LogP contribution in [0.4, 0.5) is 0 Å². The summed E-state index contributed by atoms with van der Waals surface area (Å²) in [6.45, 7) is 2.19. The van der Waals surface area contributed by atoms with Gasteiger partial charge in [0.25, 0.3) is 0 Å². The summed E-state index contributed by atoms with van der Waals surface area (Å²) in [5.41, 5.74) is 0.589. The zero-order valence-electron chi connectivity index (χ0n) is 14.5.